The Balaban J connectivity index is 2.27. The van der Waals surface area contributed by atoms with Gasteiger partial charge < -0.3 is 0 Å². The number of carbonyl (C=O) groups is 2. The summed E-state index contributed by atoms with van der Waals surface area (Å²) in [5, 5.41) is 0. The van der Waals surface area contributed by atoms with Crippen molar-refractivity contribution in [2.24, 2.45) is 0 Å². The summed E-state index contributed by atoms with van der Waals surface area (Å²) in [5.41, 5.74) is 14.9. The number of rotatable bonds is 26. The molecule has 0 radical (unpaired) electrons. The Morgan fingerprint density at radius 2 is 0.636 bits per heavy atom. The minimum absolute atomic E-state index is 0.00932. The van der Waals surface area contributed by atoms with Gasteiger partial charge >= 0.3 is 0 Å². The van der Waals surface area contributed by atoms with E-state index in [9.17, 15) is 9.59 Å². The van der Waals surface area contributed by atoms with Crippen molar-refractivity contribution in [3.63, 3.8) is 0 Å². The van der Waals surface area contributed by atoms with Crippen molar-refractivity contribution in [1.82, 2.24) is 0 Å². The third-order valence-corrected chi connectivity index (χ3v) is 10.9. The van der Waals surface area contributed by atoms with Crippen LogP contribution in [0.1, 0.15) is 192 Å². The smallest absolute Gasteiger partial charge is 0.185 e. The Kier molecular flexibility index (Phi) is 25.9. The lowest BCUT2D eigenvalue weighted by Crippen LogP contribution is -2.16. The highest BCUT2D eigenvalue weighted by atomic mass is 16.1. The lowest BCUT2D eigenvalue weighted by Gasteiger charge is -2.13. The van der Waals surface area contributed by atoms with Gasteiger partial charge in [-0.3, -0.25) is 9.59 Å². The molecule has 0 spiro atoms. The highest BCUT2D eigenvalue weighted by molar-refractivity contribution is 6.22. The monoisotopic (exact) mass is 749 g/mol. The summed E-state index contributed by atoms with van der Waals surface area (Å²) in [6.07, 6.45) is 41.5. The summed E-state index contributed by atoms with van der Waals surface area (Å²) in [7, 11) is 0. The third-order valence-electron chi connectivity index (χ3n) is 10.9. The SMILES string of the molecule is CC(C)=CCCC(C)=CCCC(C)=CCCC(C)=CCCC(C)=CCCC(C)=CCCC(C)=CCCC(C)=CCCC(C)=CCC1=CC(=O)C(C)=C(C)C1=O. The molecule has 1 rings (SSSR count). The van der Waals surface area contributed by atoms with E-state index in [2.05, 4.69) is 124 Å². The van der Waals surface area contributed by atoms with Gasteiger partial charge in [-0.2, -0.15) is 0 Å². The molecular weight excluding hydrogens is 669 g/mol. The van der Waals surface area contributed by atoms with Crippen LogP contribution >= 0.6 is 0 Å². The van der Waals surface area contributed by atoms with Gasteiger partial charge in [0.1, 0.15) is 0 Å². The molecular formula is C53H80O2. The zero-order valence-corrected chi connectivity index (χ0v) is 37.6. The molecule has 0 atom stereocenters. The highest BCUT2D eigenvalue weighted by Gasteiger charge is 2.22. The van der Waals surface area contributed by atoms with E-state index in [1.807, 2.05) is 0 Å². The topological polar surface area (TPSA) is 34.1 Å². The van der Waals surface area contributed by atoms with Gasteiger partial charge in [-0.25, -0.2) is 0 Å². The van der Waals surface area contributed by atoms with Crippen LogP contribution in [0.15, 0.2) is 128 Å². The Bertz CT molecular complexity index is 1590. The zero-order chi connectivity index (χ0) is 41.2. The van der Waals surface area contributed by atoms with Gasteiger partial charge in [-0.1, -0.05) is 105 Å². The molecule has 0 aliphatic heterocycles. The molecule has 0 bridgehead atoms. The van der Waals surface area contributed by atoms with Crippen molar-refractivity contribution < 1.29 is 9.59 Å². The summed E-state index contributed by atoms with van der Waals surface area (Å²) in [6, 6.07) is 0. The lowest BCUT2D eigenvalue weighted by atomic mass is 9.89. The molecule has 304 valence electrons. The van der Waals surface area contributed by atoms with Crippen molar-refractivity contribution in [1.29, 1.82) is 0 Å². The molecule has 0 fully saturated rings. The lowest BCUT2D eigenvalue weighted by molar-refractivity contribution is -0.115. The van der Waals surface area contributed by atoms with Gasteiger partial charge in [0.25, 0.3) is 0 Å². The maximum Gasteiger partial charge on any atom is 0.185 e. The molecule has 0 aromatic rings. The van der Waals surface area contributed by atoms with Gasteiger partial charge in [-0.05, 0) is 198 Å². The second kappa shape index (κ2) is 28.8. The molecule has 0 amide bonds. The van der Waals surface area contributed by atoms with Gasteiger partial charge in [0, 0.05) is 16.7 Å². The van der Waals surface area contributed by atoms with E-state index < -0.39 is 0 Å². The summed E-state index contributed by atoms with van der Waals surface area (Å²) in [4.78, 5) is 24.6. The van der Waals surface area contributed by atoms with E-state index in [-0.39, 0.29) is 11.6 Å². The quantitative estimate of drug-likeness (QED) is 0.0652. The fourth-order valence-corrected chi connectivity index (χ4v) is 6.59. The molecule has 0 saturated heterocycles. The molecule has 1 aliphatic carbocycles. The van der Waals surface area contributed by atoms with Crippen molar-refractivity contribution in [3.05, 3.63) is 128 Å². The zero-order valence-electron chi connectivity index (χ0n) is 37.6. The Hall–Kier alpha value is -3.52. The van der Waals surface area contributed by atoms with Crippen molar-refractivity contribution in [2.75, 3.05) is 0 Å². The van der Waals surface area contributed by atoms with Crippen LogP contribution in [0, 0.1) is 0 Å². The molecule has 0 saturated carbocycles. The predicted molar refractivity (Wildman–Crippen MR) is 244 cm³/mol. The molecule has 2 nitrogen and oxygen atoms in total. The summed E-state index contributed by atoms with van der Waals surface area (Å²) >= 11 is 0. The first-order chi connectivity index (χ1) is 26.1. The fraction of sp³-hybridized carbons (Fsp3) is 0.547. The van der Waals surface area contributed by atoms with E-state index in [4.69, 9.17) is 0 Å². The van der Waals surface area contributed by atoms with Crippen molar-refractivity contribution >= 4 is 11.6 Å². The summed E-state index contributed by atoms with van der Waals surface area (Å²) < 4.78 is 0. The summed E-state index contributed by atoms with van der Waals surface area (Å²) in [5.74, 6) is -0.0259. The normalized spacial score (nSPS) is 16.0. The average molecular weight is 749 g/mol. The molecule has 0 aromatic heterocycles. The second-order valence-electron chi connectivity index (χ2n) is 16.8. The van der Waals surface area contributed by atoms with Crippen LogP contribution in [-0.2, 0) is 9.59 Å². The number of hydrogen-bond donors (Lipinski definition) is 0. The van der Waals surface area contributed by atoms with Crippen LogP contribution < -0.4 is 0 Å². The molecule has 55 heavy (non-hydrogen) atoms. The Labute approximate surface area is 339 Å². The van der Waals surface area contributed by atoms with Gasteiger partial charge in [-0.15, -0.1) is 0 Å². The van der Waals surface area contributed by atoms with Crippen LogP contribution in [0.4, 0.5) is 0 Å². The maximum atomic E-state index is 12.5. The van der Waals surface area contributed by atoms with Crippen LogP contribution in [0.25, 0.3) is 0 Å². The Morgan fingerprint density at radius 1 is 0.382 bits per heavy atom. The van der Waals surface area contributed by atoms with E-state index in [0.29, 0.717) is 23.1 Å². The van der Waals surface area contributed by atoms with Gasteiger partial charge in [0.15, 0.2) is 11.6 Å². The van der Waals surface area contributed by atoms with Crippen LogP contribution in [0.3, 0.4) is 0 Å². The molecule has 0 heterocycles. The molecule has 0 unspecified atom stereocenters. The highest BCUT2D eigenvalue weighted by Crippen LogP contribution is 2.23. The Morgan fingerprint density at radius 3 is 0.909 bits per heavy atom. The minimum Gasteiger partial charge on any atom is -0.290 e. The number of ketones is 2. The van der Waals surface area contributed by atoms with Gasteiger partial charge in [0.2, 0.25) is 0 Å². The minimum atomic E-state index is -0.0352. The number of carbonyl (C=O) groups excluding carboxylic acids is 2. The van der Waals surface area contributed by atoms with E-state index in [0.717, 1.165) is 83.5 Å². The van der Waals surface area contributed by atoms with Crippen molar-refractivity contribution in [3.8, 4) is 0 Å². The first-order valence-corrected chi connectivity index (χ1v) is 21.4. The number of Topliss-reactive ketones (excluding diaryl/α,β-unsaturated/α-hetero) is 1. The summed E-state index contributed by atoms with van der Waals surface area (Å²) in [6.45, 7) is 25.9. The van der Waals surface area contributed by atoms with Crippen LogP contribution in [0.5, 0.6) is 0 Å². The van der Waals surface area contributed by atoms with E-state index in [1.165, 1.54) is 75.5 Å². The first-order valence-electron chi connectivity index (χ1n) is 21.4. The number of allylic oxidation sites excluding steroid dienone is 22. The standard InChI is InChI=1S/C53H80O2/c1-40(2)21-13-22-41(3)23-14-24-42(4)25-15-26-43(5)27-16-28-44(6)29-17-30-45(7)31-18-32-46(8)33-19-34-47(9)35-20-36-48(10)37-38-51-39-52(54)49(11)50(12)53(51)55/h21,23,25,27,29,31,33,35,37,39H,13-20,22,24,26,28,30,32,34,36,38H2,1-12H3. The first kappa shape index (κ1) is 49.5. The van der Waals surface area contributed by atoms with Gasteiger partial charge in [0.05, 0.1) is 0 Å². The fourth-order valence-electron chi connectivity index (χ4n) is 6.59. The van der Waals surface area contributed by atoms with Crippen LogP contribution in [-0.4, -0.2) is 11.6 Å². The predicted octanol–water partition coefficient (Wildman–Crippen LogP) is 16.6. The second-order valence-corrected chi connectivity index (χ2v) is 16.8. The third kappa shape index (κ3) is 24.6. The largest absolute Gasteiger partial charge is 0.290 e. The molecule has 0 aromatic carbocycles. The molecule has 0 N–H and O–H groups in total. The number of hydrogen-bond acceptors (Lipinski definition) is 2. The van der Waals surface area contributed by atoms with E-state index >= 15 is 0 Å². The van der Waals surface area contributed by atoms with Crippen LogP contribution in [0.2, 0.25) is 0 Å². The molecule has 2 heteroatoms. The molecule has 1 aliphatic rings. The maximum absolute atomic E-state index is 12.5. The van der Waals surface area contributed by atoms with E-state index in [1.54, 1.807) is 13.8 Å². The average Bonchev–Trinajstić information content (AvgIpc) is 3.11. The van der Waals surface area contributed by atoms with Crippen molar-refractivity contribution in [2.45, 2.75) is 192 Å².